The van der Waals surface area contributed by atoms with Crippen molar-refractivity contribution in [1.82, 2.24) is 15.3 Å². The number of carbonyl (C=O) groups is 1. The molecule has 0 spiro atoms. The second-order valence-corrected chi connectivity index (χ2v) is 6.77. The molecular weight excluding hydrogens is 260 g/mol. The molecule has 1 saturated carbocycles. The first-order valence-electron chi connectivity index (χ1n) is 6.75. The van der Waals surface area contributed by atoms with Gasteiger partial charge in [0.25, 0.3) is 0 Å². The zero-order valence-electron chi connectivity index (χ0n) is 11.5. The lowest BCUT2D eigenvalue weighted by molar-refractivity contribution is -0.126. The molecule has 1 aliphatic rings. The first-order valence-corrected chi connectivity index (χ1v) is 7.63. The summed E-state index contributed by atoms with van der Waals surface area (Å²) >= 11 is 1.70. The fourth-order valence-corrected chi connectivity index (χ4v) is 4.00. The first-order chi connectivity index (χ1) is 9.02. The van der Waals surface area contributed by atoms with Crippen molar-refractivity contribution in [3.63, 3.8) is 0 Å². The van der Waals surface area contributed by atoms with Gasteiger partial charge in [-0.1, -0.05) is 11.8 Å². The van der Waals surface area contributed by atoms with E-state index >= 15 is 0 Å². The standard InChI is InChI=1S/C13H22N4OS/c1-9(2)17-13(11(14)18)5-3-4-10(8-13)19-12-15-6-7-16-12/h6-7,9-10,17H,3-5,8H2,1-2H3,(H2,14,18)(H,15,16). The van der Waals surface area contributed by atoms with Crippen LogP contribution in [0.5, 0.6) is 0 Å². The van der Waals surface area contributed by atoms with E-state index in [1.807, 2.05) is 20.0 Å². The number of amides is 1. The lowest BCUT2D eigenvalue weighted by Gasteiger charge is -2.40. The van der Waals surface area contributed by atoms with Crippen LogP contribution in [0.4, 0.5) is 0 Å². The highest BCUT2D eigenvalue weighted by atomic mass is 32.2. The van der Waals surface area contributed by atoms with Crippen molar-refractivity contribution in [1.29, 1.82) is 0 Å². The molecule has 1 aromatic heterocycles. The molecule has 5 nitrogen and oxygen atoms in total. The highest BCUT2D eigenvalue weighted by Crippen LogP contribution is 2.37. The van der Waals surface area contributed by atoms with Gasteiger partial charge in [0.15, 0.2) is 5.16 Å². The number of nitrogens with two attached hydrogens (primary N) is 1. The number of rotatable bonds is 5. The molecule has 0 radical (unpaired) electrons. The Labute approximate surface area is 118 Å². The van der Waals surface area contributed by atoms with E-state index in [9.17, 15) is 4.79 Å². The van der Waals surface area contributed by atoms with Crippen molar-refractivity contribution in [2.45, 2.75) is 61.5 Å². The fraction of sp³-hybridized carbons (Fsp3) is 0.692. The number of imidazole rings is 1. The number of hydrogen-bond acceptors (Lipinski definition) is 4. The quantitative estimate of drug-likeness (QED) is 0.767. The average Bonchev–Trinajstić information content (AvgIpc) is 2.81. The molecule has 2 rings (SSSR count). The number of hydrogen-bond donors (Lipinski definition) is 3. The number of thioether (sulfide) groups is 1. The molecule has 0 aromatic carbocycles. The highest BCUT2D eigenvalue weighted by Gasteiger charge is 2.42. The molecule has 1 aromatic rings. The summed E-state index contributed by atoms with van der Waals surface area (Å²) in [5, 5.41) is 4.67. The van der Waals surface area contributed by atoms with Gasteiger partial charge < -0.3 is 16.0 Å². The Morgan fingerprint density at radius 2 is 2.47 bits per heavy atom. The van der Waals surface area contributed by atoms with Crippen LogP contribution in [0.2, 0.25) is 0 Å². The van der Waals surface area contributed by atoms with E-state index in [-0.39, 0.29) is 11.9 Å². The van der Waals surface area contributed by atoms with Crippen LogP contribution < -0.4 is 11.1 Å². The predicted octanol–water partition coefficient (Wildman–Crippen LogP) is 1.67. The topological polar surface area (TPSA) is 83.8 Å². The van der Waals surface area contributed by atoms with Gasteiger partial charge in [-0.2, -0.15) is 0 Å². The smallest absolute Gasteiger partial charge is 0.237 e. The summed E-state index contributed by atoms with van der Waals surface area (Å²) in [6.07, 6.45) is 7.28. The lowest BCUT2D eigenvalue weighted by atomic mass is 9.80. The second-order valence-electron chi connectivity index (χ2n) is 5.48. The summed E-state index contributed by atoms with van der Waals surface area (Å²) in [6, 6.07) is 0.250. The van der Waals surface area contributed by atoms with Crippen molar-refractivity contribution in [2.75, 3.05) is 0 Å². The molecule has 6 heteroatoms. The maximum absolute atomic E-state index is 11.9. The lowest BCUT2D eigenvalue weighted by Crippen LogP contribution is -2.60. The molecule has 2 unspecified atom stereocenters. The van der Waals surface area contributed by atoms with Gasteiger partial charge in [0.05, 0.1) is 5.54 Å². The van der Waals surface area contributed by atoms with Gasteiger partial charge in [-0.15, -0.1) is 0 Å². The third kappa shape index (κ3) is 3.51. The molecule has 2 atom stereocenters. The summed E-state index contributed by atoms with van der Waals surface area (Å²) < 4.78 is 0. The number of aromatic nitrogens is 2. The molecule has 1 heterocycles. The Morgan fingerprint density at radius 1 is 1.68 bits per heavy atom. The number of nitrogens with one attached hydrogen (secondary N) is 2. The summed E-state index contributed by atoms with van der Waals surface area (Å²) in [6.45, 7) is 4.10. The number of primary amides is 1. The van der Waals surface area contributed by atoms with Crippen LogP contribution in [0.25, 0.3) is 0 Å². The van der Waals surface area contributed by atoms with Crippen LogP contribution in [0.3, 0.4) is 0 Å². The van der Waals surface area contributed by atoms with Crippen LogP contribution in [0.1, 0.15) is 39.5 Å². The van der Waals surface area contributed by atoms with Gasteiger partial charge in [0.1, 0.15) is 0 Å². The molecule has 1 fully saturated rings. The van der Waals surface area contributed by atoms with Crippen molar-refractivity contribution >= 4 is 17.7 Å². The zero-order chi connectivity index (χ0) is 13.9. The minimum Gasteiger partial charge on any atom is -0.368 e. The van der Waals surface area contributed by atoms with Crippen LogP contribution in [-0.4, -0.2) is 32.7 Å². The Balaban J connectivity index is 2.06. The normalized spacial score (nSPS) is 27.6. The maximum atomic E-state index is 11.9. The van der Waals surface area contributed by atoms with Crippen LogP contribution in [0.15, 0.2) is 17.6 Å². The summed E-state index contributed by atoms with van der Waals surface area (Å²) in [5.41, 5.74) is 5.09. The number of nitrogens with zero attached hydrogens (tertiary/aromatic N) is 1. The molecule has 106 valence electrons. The van der Waals surface area contributed by atoms with Crippen LogP contribution in [0, 0.1) is 0 Å². The molecule has 0 saturated heterocycles. The monoisotopic (exact) mass is 282 g/mol. The van der Waals surface area contributed by atoms with Gasteiger partial charge in [-0.3, -0.25) is 4.79 Å². The molecule has 1 amide bonds. The van der Waals surface area contributed by atoms with E-state index < -0.39 is 5.54 Å². The second kappa shape index (κ2) is 5.96. The van der Waals surface area contributed by atoms with Crippen molar-refractivity contribution in [2.24, 2.45) is 5.73 Å². The molecular formula is C13H22N4OS. The van der Waals surface area contributed by atoms with E-state index in [4.69, 9.17) is 5.73 Å². The largest absolute Gasteiger partial charge is 0.368 e. The highest BCUT2D eigenvalue weighted by molar-refractivity contribution is 7.99. The fourth-order valence-electron chi connectivity index (χ4n) is 2.78. The van der Waals surface area contributed by atoms with E-state index in [1.165, 1.54) is 0 Å². The number of carbonyl (C=O) groups excluding carboxylic acids is 1. The summed E-state index contributed by atoms with van der Waals surface area (Å²) in [4.78, 5) is 19.2. The van der Waals surface area contributed by atoms with Crippen molar-refractivity contribution in [3.8, 4) is 0 Å². The zero-order valence-corrected chi connectivity index (χ0v) is 12.3. The Bertz CT molecular complexity index is 420. The molecule has 1 aliphatic carbocycles. The van der Waals surface area contributed by atoms with E-state index in [1.54, 1.807) is 18.0 Å². The molecule has 4 N–H and O–H groups in total. The van der Waals surface area contributed by atoms with Crippen molar-refractivity contribution < 1.29 is 4.79 Å². The maximum Gasteiger partial charge on any atom is 0.237 e. The minimum absolute atomic E-state index is 0.231. The Morgan fingerprint density at radius 3 is 3.05 bits per heavy atom. The van der Waals surface area contributed by atoms with E-state index in [2.05, 4.69) is 15.3 Å². The van der Waals surface area contributed by atoms with E-state index in [0.717, 1.165) is 30.8 Å². The van der Waals surface area contributed by atoms with E-state index in [0.29, 0.717) is 5.25 Å². The number of H-pyrrole nitrogens is 1. The van der Waals surface area contributed by atoms with Gasteiger partial charge in [-0.25, -0.2) is 4.98 Å². The average molecular weight is 282 g/mol. The van der Waals surface area contributed by atoms with Gasteiger partial charge in [-0.05, 0) is 39.5 Å². The Kier molecular flexibility index (Phi) is 4.52. The molecule has 0 bridgehead atoms. The van der Waals surface area contributed by atoms with Crippen LogP contribution >= 0.6 is 11.8 Å². The van der Waals surface area contributed by atoms with Gasteiger partial charge in [0, 0.05) is 23.7 Å². The Hall–Kier alpha value is -1.01. The molecule has 0 aliphatic heterocycles. The SMILES string of the molecule is CC(C)NC1(C(N)=O)CCCC(Sc2ncc[nH]2)C1. The van der Waals surface area contributed by atoms with Crippen LogP contribution in [-0.2, 0) is 4.79 Å². The third-order valence-corrected chi connectivity index (χ3v) is 4.68. The van der Waals surface area contributed by atoms with Gasteiger partial charge in [0.2, 0.25) is 5.91 Å². The van der Waals surface area contributed by atoms with Crippen molar-refractivity contribution in [3.05, 3.63) is 12.4 Å². The summed E-state index contributed by atoms with van der Waals surface area (Å²) in [5.74, 6) is -0.231. The molecule has 19 heavy (non-hydrogen) atoms. The van der Waals surface area contributed by atoms with Gasteiger partial charge >= 0.3 is 0 Å². The third-order valence-electron chi connectivity index (χ3n) is 3.49. The summed E-state index contributed by atoms with van der Waals surface area (Å²) in [7, 11) is 0. The first kappa shape index (κ1) is 14.4. The number of aromatic amines is 1. The predicted molar refractivity (Wildman–Crippen MR) is 76.9 cm³/mol. The minimum atomic E-state index is -0.559.